The SMILES string of the molecule is CC(=O)c1ccccc1N=NC(C(N)=O)C1=NC(C)(C)Cc2ccccc21. The van der Waals surface area contributed by atoms with E-state index in [-0.39, 0.29) is 11.3 Å². The maximum Gasteiger partial charge on any atom is 0.250 e. The Balaban J connectivity index is 2.06. The average Bonchev–Trinajstić information content (AvgIpc) is 2.60. The molecular formula is C21H22N4O2. The van der Waals surface area contributed by atoms with Crippen molar-refractivity contribution in [2.75, 3.05) is 0 Å². The van der Waals surface area contributed by atoms with Gasteiger partial charge in [-0.1, -0.05) is 36.4 Å². The summed E-state index contributed by atoms with van der Waals surface area (Å²) in [5.41, 5.74) is 8.58. The molecule has 2 aromatic carbocycles. The van der Waals surface area contributed by atoms with Crippen LogP contribution < -0.4 is 5.73 Å². The van der Waals surface area contributed by atoms with Crippen LogP contribution in [0.5, 0.6) is 0 Å². The second-order valence-electron chi connectivity index (χ2n) is 7.24. The molecule has 1 unspecified atom stereocenters. The fourth-order valence-electron chi connectivity index (χ4n) is 3.25. The number of carbonyl (C=O) groups is 2. The molecule has 2 N–H and O–H groups in total. The first-order chi connectivity index (χ1) is 12.8. The summed E-state index contributed by atoms with van der Waals surface area (Å²) in [7, 11) is 0. The normalized spacial score (nSPS) is 16.5. The van der Waals surface area contributed by atoms with Crippen molar-refractivity contribution in [1.29, 1.82) is 0 Å². The Morgan fingerprint density at radius 3 is 2.48 bits per heavy atom. The molecule has 0 radical (unpaired) electrons. The number of azo groups is 1. The molecule has 1 amide bonds. The Bertz CT molecular complexity index is 960. The number of ketones is 1. The van der Waals surface area contributed by atoms with Gasteiger partial charge in [0.1, 0.15) is 0 Å². The first kappa shape index (κ1) is 18.6. The molecule has 0 aromatic heterocycles. The highest BCUT2D eigenvalue weighted by molar-refractivity contribution is 6.17. The number of primary amides is 1. The summed E-state index contributed by atoms with van der Waals surface area (Å²) in [5.74, 6) is -0.757. The molecule has 0 aliphatic carbocycles. The van der Waals surface area contributed by atoms with Crippen molar-refractivity contribution >= 4 is 23.1 Å². The quantitative estimate of drug-likeness (QED) is 0.649. The number of nitrogens with two attached hydrogens (primary N) is 1. The summed E-state index contributed by atoms with van der Waals surface area (Å²) >= 11 is 0. The third-order valence-electron chi connectivity index (χ3n) is 4.43. The second kappa shape index (κ2) is 7.23. The first-order valence-corrected chi connectivity index (χ1v) is 8.77. The number of hydrogen-bond acceptors (Lipinski definition) is 5. The zero-order valence-corrected chi connectivity index (χ0v) is 15.6. The molecule has 1 heterocycles. The van der Waals surface area contributed by atoms with Crippen molar-refractivity contribution in [3.63, 3.8) is 0 Å². The molecular weight excluding hydrogens is 340 g/mol. The number of hydrogen-bond donors (Lipinski definition) is 1. The standard InChI is InChI=1S/C21H22N4O2/c1-13(26)15-9-6-7-11-17(15)24-25-19(20(22)27)18-16-10-5-4-8-14(16)12-21(2,3)23-18/h4-11,19H,12H2,1-3H3,(H2,22,27). The topological polar surface area (TPSA) is 97.2 Å². The van der Waals surface area contributed by atoms with Crippen LogP contribution >= 0.6 is 0 Å². The number of amides is 1. The summed E-state index contributed by atoms with van der Waals surface area (Å²) in [6.45, 7) is 5.47. The molecule has 3 rings (SSSR count). The van der Waals surface area contributed by atoms with Gasteiger partial charge in [0.05, 0.1) is 16.9 Å². The molecule has 1 aliphatic heterocycles. The van der Waals surface area contributed by atoms with Crippen LogP contribution in [-0.2, 0) is 11.2 Å². The van der Waals surface area contributed by atoms with E-state index in [4.69, 9.17) is 10.7 Å². The van der Waals surface area contributed by atoms with Gasteiger partial charge in [-0.3, -0.25) is 14.6 Å². The molecule has 2 aromatic rings. The van der Waals surface area contributed by atoms with Crippen LogP contribution in [0.25, 0.3) is 0 Å². The van der Waals surface area contributed by atoms with Crippen molar-refractivity contribution in [1.82, 2.24) is 0 Å². The Kier molecular flexibility index (Phi) is 4.99. The largest absolute Gasteiger partial charge is 0.367 e. The molecule has 1 atom stereocenters. The Morgan fingerprint density at radius 2 is 1.78 bits per heavy atom. The molecule has 0 bridgehead atoms. The summed E-state index contributed by atoms with van der Waals surface area (Å²) in [5, 5.41) is 8.36. The summed E-state index contributed by atoms with van der Waals surface area (Å²) in [6.07, 6.45) is 0.766. The number of nitrogens with zero attached hydrogens (tertiary/aromatic N) is 3. The van der Waals surface area contributed by atoms with E-state index in [1.807, 2.05) is 38.1 Å². The van der Waals surface area contributed by atoms with E-state index >= 15 is 0 Å². The lowest BCUT2D eigenvalue weighted by Crippen LogP contribution is -2.40. The summed E-state index contributed by atoms with van der Waals surface area (Å²) in [4.78, 5) is 28.7. The summed E-state index contributed by atoms with van der Waals surface area (Å²) < 4.78 is 0. The van der Waals surface area contributed by atoms with Crippen molar-refractivity contribution in [2.24, 2.45) is 21.0 Å². The molecule has 0 saturated heterocycles. The fraction of sp³-hybridized carbons (Fsp3) is 0.286. The summed E-state index contributed by atoms with van der Waals surface area (Å²) in [6, 6.07) is 13.6. The highest BCUT2D eigenvalue weighted by atomic mass is 16.1. The fourth-order valence-corrected chi connectivity index (χ4v) is 3.25. The van der Waals surface area contributed by atoms with Crippen molar-refractivity contribution in [2.45, 2.75) is 38.8 Å². The van der Waals surface area contributed by atoms with Gasteiger partial charge in [0.2, 0.25) is 5.91 Å². The van der Waals surface area contributed by atoms with E-state index in [1.165, 1.54) is 6.92 Å². The second-order valence-corrected chi connectivity index (χ2v) is 7.24. The lowest BCUT2D eigenvalue weighted by atomic mass is 9.85. The van der Waals surface area contributed by atoms with Crippen LogP contribution in [0.4, 0.5) is 5.69 Å². The zero-order chi connectivity index (χ0) is 19.6. The lowest BCUT2D eigenvalue weighted by molar-refractivity contribution is -0.117. The molecule has 1 aliphatic rings. The van der Waals surface area contributed by atoms with Gasteiger partial charge in [-0.25, -0.2) is 0 Å². The Morgan fingerprint density at radius 1 is 1.11 bits per heavy atom. The minimum absolute atomic E-state index is 0.123. The number of rotatable bonds is 5. The van der Waals surface area contributed by atoms with Gasteiger partial charge in [0, 0.05) is 11.1 Å². The van der Waals surface area contributed by atoms with Gasteiger partial charge in [0.15, 0.2) is 11.8 Å². The van der Waals surface area contributed by atoms with Crippen molar-refractivity contribution in [3.05, 3.63) is 65.2 Å². The average molecular weight is 362 g/mol. The Labute approximate surface area is 158 Å². The number of aliphatic imine (C=N–C) groups is 1. The molecule has 27 heavy (non-hydrogen) atoms. The van der Waals surface area contributed by atoms with E-state index in [1.54, 1.807) is 24.3 Å². The first-order valence-electron chi connectivity index (χ1n) is 8.77. The van der Waals surface area contributed by atoms with Gasteiger partial charge < -0.3 is 5.73 Å². The van der Waals surface area contributed by atoms with Crippen LogP contribution in [0, 0.1) is 0 Å². The van der Waals surface area contributed by atoms with Gasteiger partial charge >= 0.3 is 0 Å². The number of benzene rings is 2. The minimum atomic E-state index is -1.02. The number of Topliss-reactive ketones (excluding diaryl/α,β-unsaturated/α-hetero) is 1. The highest BCUT2D eigenvalue weighted by Gasteiger charge is 2.33. The highest BCUT2D eigenvalue weighted by Crippen LogP contribution is 2.29. The molecule has 0 saturated carbocycles. The van der Waals surface area contributed by atoms with Crippen LogP contribution in [-0.4, -0.2) is 29.0 Å². The van der Waals surface area contributed by atoms with E-state index in [0.717, 1.165) is 17.5 Å². The monoisotopic (exact) mass is 362 g/mol. The maximum atomic E-state index is 12.2. The van der Waals surface area contributed by atoms with Gasteiger partial charge in [-0.15, -0.1) is 0 Å². The molecule has 0 fully saturated rings. The third-order valence-corrected chi connectivity index (χ3v) is 4.43. The predicted octanol–water partition coefficient (Wildman–Crippen LogP) is 3.65. The van der Waals surface area contributed by atoms with Crippen LogP contribution in [0.3, 0.4) is 0 Å². The van der Waals surface area contributed by atoms with Gasteiger partial charge in [0.25, 0.3) is 0 Å². The molecule has 0 spiro atoms. The third kappa shape index (κ3) is 4.00. The van der Waals surface area contributed by atoms with Crippen molar-refractivity contribution < 1.29 is 9.59 Å². The van der Waals surface area contributed by atoms with Crippen LogP contribution in [0.1, 0.15) is 42.3 Å². The van der Waals surface area contributed by atoms with E-state index in [0.29, 0.717) is 17.0 Å². The van der Waals surface area contributed by atoms with Gasteiger partial charge in [-0.2, -0.15) is 10.2 Å². The minimum Gasteiger partial charge on any atom is -0.367 e. The van der Waals surface area contributed by atoms with Crippen molar-refractivity contribution in [3.8, 4) is 0 Å². The molecule has 6 heteroatoms. The van der Waals surface area contributed by atoms with E-state index in [9.17, 15) is 9.59 Å². The van der Waals surface area contributed by atoms with E-state index in [2.05, 4.69) is 10.2 Å². The van der Waals surface area contributed by atoms with Crippen LogP contribution in [0.2, 0.25) is 0 Å². The predicted molar refractivity (Wildman–Crippen MR) is 105 cm³/mol. The number of fused-ring (bicyclic) bond motifs is 1. The smallest absolute Gasteiger partial charge is 0.250 e. The molecule has 138 valence electrons. The Hall–Kier alpha value is -3.15. The van der Waals surface area contributed by atoms with Gasteiger partial charge in [-0.05, 0) is 44.9 Å². The lowest BCUT2D eigenvalue weighted by Gasteiger charge is -2.30. The zero-order valence-electron chi connectivity index (χ0n) is 15.6. The maximum absolute atomic E-state index is 12.2. The number of carbonyl (C=O) groups excluding carboxylic acids is 2. The van der Waals surface area contributed by atoms with Crippen LogP contribution in [0.15, 0.2) is 63.8 Å². The van der Waals surface area contributed by atoms with E-state index < -0.39 is 11.9 Å². The molecule has 6 nitrogen and oxygen atoms in total.